The molecule has 0 atom stereocenters. The predicted molar refractivity (Wildman–Crippen MR) is 125 cm³/mol. The molecule has 2 fully saturated rings. The number of thiazole rings is 1. The summed E-state index contributed by atoms with van der Waals surface area (Å²) in [6.07, 6.45) is 3.25. The summed E-state index contributed by atoms with van der Waals surface area (Å²) in [7, 11) is 0. The molecule has 2 aromatic heterocycles. The van der Waals surface area contributed by atoms with E-state index in [-0.39, 0.29) is 26.4 Å². The number of benzene rings is 2. The molecule has 1 aliphatic carbocycles. The molecule has 1 saturated carbocycles. The average molecular weight is 469 g/mol. The molecule has 0 amide bonds. The first kappa shape index (κ1) is 20.6. The van der Waals surface area contributed by atoms with Crippen LogP contribution in [0, 0.1) is 11.6 Å². The first-order valence-electron chi connectivity index (χ1n) is 11.0. The normalized spacial score (nSPS) is 18.1. The van der Waals surface area contributed by atoms with Crippen LogP contribution in [0.1, 0.15) is 24.8 Å². The number of anilines is 2. The van der Waals surface area contributed by atoms with E-state index in [1.54, 1.807) is 0 Å². The second kappa shape index (κ2) is 7.54. The van der Waals surface area contributed by atoms with Crippen molar-refractivity contribution in [3.05, 3.63) is 41.7 Å². The molecule has 4 aromatic rings. The Bertz CT molecular complexity index is 1400. The third-order valence-electron chi connectivity index (χ3n) is 6.73. The van der Waals surface area contributed by atoms with E-state index in [1.165, 1.54) is 18.5 Å². The molecule has 0 bridgehead atoms. The molecule has 2 aromatic carbocycles. The van der Waals surface area contributed by atoms with Gasteiger partial charge in [-0.1, -0.05) is 11.3 Å². The largest absolute Gasteiger partial charge is 0.385 e. The maximum absolute atomic E-state index is 16.3. The van der Waals surface area contributed by atoms with Crippen LogP contribution in [0.3, 0.4) is 0 Å². The molecule has 7 nitrogen and oxygen atoms in total. The highest BCUT2D eigenvalue weighted by Gasteiger charge is 2.40. The Labute approximate surface area is 192 Å². The first-order chi connectivity index (χ1) is 16.0. The Morgan fingerprint density at radius 2 is 1.91 bits per heavy atom. The van der Waals surface area contributed by atoms with Crippen LogP contribution in [0.25, 0.3) is 32.2 Å². The minimum Gasteiger partial charge on any atom is -0.385 e. The lowest BCUT2D eigenvalue weighted by Gasteiger charge is -2.39. The number of nitrogens with one attached hydrogen (secondary N) is 1. The van der Waals surface area contributed by atoms with Gasteiger partial charge in [-0.25, -0.2) is 23.7 Å². The van der Waals surface area contributed by atoms with E-state index in [0.29, 0.717) is 35.2 Å². The van der Waals surface area contributed by atoms with E-state index in [4.69, 9.17) is 5.73 Å². The summed E-state index contributed by atoms with van der Waals surface area (Å²) in [5.41, 5.74) is 6.20. The molecule has 2 aliphatic rings. The maximum atomic E-state index is 16.3. The molecule has 0 unspecified atom stereocenters. The van der Waals surface area contributed by atoms with Gasteiger partial charge >= 0.3 is 0 Å². The molecular weight excluding hydrogens is 446 g/mol. The summed E-state index contributed by atoms with van der Waals surface area (Å²) in [4.78, 5) is 15.1. The summed E-state index contributed by atoms with van der Waals surface area (Å²) in [5, 5.41) is 15.5. The number of hydrogen-bond acceptors (Lipinski definition) is 8. The van der Waals surface area contributed by atoms with E-state index in [9.17, 15) is 9.50 Å². The maximum Gasteiger partial charge on any atom is 0.181 e. The summed E-state index contributed by atoms with van der Waals surface area (Å²) >= 11 is 1.02. The molecule has 3 heterocycles. The SMILES string of the molecule is Nc1nc2c(-c3c(C4(O)CCC4)cc4c(N5CCNCC5)ncnc4c3F)ccc(F)c2s1. The predicted octanol–water partition coefficient (Wildman–Crippen LogP) is 3.55. The van der Waals surface area contributed by atoms with Crippen LogP contribution in [0.5, 0.6) is 0 Å². The molecule has 6 rings (SSSR count). The van der Waals surface area contributed by atoms with Gasteiger partial charge in [0.05, 0.1) is 15.8 Å². The average Bonchev–Trinajstić information content (AvgIpc) is 3.21. The number of fused-ring (bicyclic) bond motifs is 2. The van der Waals surface area contributed by atoms with Gasteiger partial charge in [-0.3, -0.25) is 0 Å². The molecule has 33 heavy (non-hydrogen) atoms. The standard InChI is InChI=1S/C23H22F2N6OS/c24-15-3-2-12(19-20(15)33-22(26)30-19)16-14(23(32)4-1-5-23)10-13-18(17(16)25)28-11-29-21(13)31-8-6-27-7-9-31/h2-3,10-11,27,32H,1,4-9H2,(H2,26,30). The molecule has 10 heteroatoms. The molecule has 0 spiro atoms. The van der Waals surface area contributed by atoms with Crippen molar-refractivity contribution >= 4 is 43.4 Å². The number of halogens is 2. The van der Waals surface area contributed by atoms with Crippen LogP contribution in [-0.2, 0) is 5.60 Å². The van der Waals surface area contributed by atoms with Crippen LogP contribution >= 0.6 is 11.3 Å². The van der Waals surface area contributed by atoms with Crippen molar-refractivity contribution < 1.29 is 13.9 Å². The van der Waals surface area contributed by atoms with Gasteiger partial charge in [0.25, 0.3) is 0 Å². The van der Waals surface area contributed by atoms with Crippen LogP contribution < -0.4 is 16.0 Å². The third-order valence-corrected chi connectivity index (χ3v) is 7.62. The Hall–Kier alpha value is -2.95. The number of aromatic nitrogens is 3. The molecule has 1 saturated heterocycles. The lowest BCUT2D eigenvalue weighted by Crippen LogP contribution is -2.44. The van der Waals surface area contributed by atoms with E-state index >= 15 is 4.39 Å². The zero-order chi connectivity index (χ0) is 22.7. The number of piperazine rings is 1. The summed E-state index contributed by atoms with van der Waals surface area (Å²) in [5.74, 6) is -0.379. The zero-order valence-electron chi connectivity index (χ0n) is 17.7. The first-order valence-corrected chi connectivity index (χ1v) is 11.8. The van der Waals surface area contributed by atoms with Gasteiger partial charge in [-0.2, -0.15) is 0 Å². The van der Waals surface area contributed by atoms with Gasteiger partial charge in [-0.15, -0.1) is 0 Å². The zero-order valence-corrected chi connectivity index (χ0v) is 18.6. The van der Waals surface area contributed by atoms with E-state index in [1.807, 2.05) is 6.07 Å². The minimum absolute atomic E-state index is 0.167. The van der Waals surface area contributed by atoms with Gasteiger partial charge in [0.15, 0.2) is 10.9 Å². The van der Waals surface area contributed by atoms with E-state index < -0.39 is 17.2 Å². The van der Waals surface area contributed by atoms with E-state index in [2.05, 4.69) is 25.2 Å². The Kier molecular flexibility index (Phi) is 4.72. The van der Waals surface area contributed by atoms with Crippen molar-refractivity contribution in [3.8, 4) is 11.1 Å². The highest BCUT2D eigenvalue weighted by Crippen LogP contribution is 2.49. The Balaban J connectivity index is 1.67. The quantitative estimate of drug-likeness (QED) is 0.423. The van der Waals surface area contributed by atoms with Crippen molar-refractivity contribution in [1.82, 2.24) is 20.3 Å². The monoisotopic (exact) mass is 468 g/mol. The number of aliphatic hydroxyl groups is 1. The van der Waals surface area contributed by atoms with Crippen molar-refractivity contribution in [2.75, 3.05) is 36.8 Å². The molecule has 4 N–H and O–H groups in total. The van der Waals surface area contributed by atoms with Gasteiger partial charge in [0.2, 0.25) is 0 Å². The molecule has 170 valence electrons. The smallest absolute Gasteiger partial charge is 0.181 e. The molecular formula is C23H22F2N6OS. The highest BCUT2D eigenvalue weighted by molar-refractivity contribution is 7.22. The lowest BCUT2D eigenvalue weighted by atomic mass is 9.72. The van der Waals surface area contributed by atoms with Crippen molar-refractivity contribution in [3.63, 3.8) is 0 Å². The van der Waals surface area contributed by atoms with Crippen LogP contribution in [0.2, 0.25) is 0 Å². The third kappa shape index (κ3) is 3.16. The Morgan fingerprint density at radius 3 is 2.64 bits per heavy atom. The molecule has 1 aliphatic heterocycles. The highest BCUT2D eigenvalue weighted by atomic mass is 32.1. The fourth-order valence-electron chi connectivity index (χ4n) is 4.88. The van der Waals surface area contributed by atoms with Gasteiger partial charge in [0, 0.05) is 42.7 Å². The number of nitrogens with two attached hydrogens (primary N) is 1. The van der Waals surface area contributed by atoms with Crippen molar-refractivity contribution in [2.24, 2.45) is 0 Å². The van der Waals surface area contributed by atoms with Crippen LogP contribution in [-0.4, -0.2) is 46.2 Å². The topological polar surface area (TPSA) is 100 Å². The fourth-order valence-corrected chi connectivity index (χ4v) is 5.65. The lowest BCUT2D eigenvalue weighted by molar-refractivity contribution is -0.0383. The fraction of sp³-hybridized carbons (Fsp3) is 0.348. The van der Waals surface area contributed by atoms with Crippen LogP contribution in [0.15, 0.2) is 24.5 Å². The second-order valence-electron chi connectivity index (χ2n) is 8.65. The second-order valence-corrected chi connectivity index (χ2v) is 9.68. The summed E-state index contributed by atoms with van der Waals surface area (Å²) in [6.45, 7) is 3.10. The van der Waals surface area contributed by atoms with Crippen LogP contribution in [0.4, 0.5) is 19.7 Å². The van der Waals surface area contributed by atoms with Crippen molar-refractivity contribution in [1.29, 1.82) is 0 Å². The minimum atomic E-state index is -1.18. The number of nitrogens with zero attached hydrogens (tertiary/aromatic N) is 4. The van der Waals surface area contributed by atoms with E-state index in [0.717, 1.165) is 43.9 Å². The van der Waals surface area contributed by atoms with Crippen molar-refractivity contribution in [2.45, 2.75) is 24.9 Å². The summed E-state index contributed by atoms with van der Waals surface area (Å²) < 4.78 is 31.0. The molecule has 0 radical (unpaired) electrons. The van der Waals surface area contributed by atoms with Gasteiger partial charge < -0.3 is 21.1 Å². The van der Waals surface area contributed by atoms with Gasteiger partial charge in [-0.05, 0) is 43.0 Å². The number of nitrogen functional groups attached to an aromatic ring is 1. The number of hydrogen-bond donors (Lipinski definition) is 3. The van der Waals surface area contributed by atoms with Gasteiger partial charge in [0.1, 0.15) is 23.5 Å². The number of rotatable bonds is 3. The Morgan fingerprint density at radius 1 is 1.12 bits per heavy atom. The summed E-state index contributed by atoms with van der Waals surface area (Å²) in [6, 6.07) is 4.61.